The molecular formula is C16H25N3O. The lowest BCUT2D eigenvalue weighted by Crippen LogP contribution is -2.34. The van der Waals surface area contributed by atoms with Crippen LogP contribution in [0.25, 0.3) is 0 Å². The third kappa shape index (κ3) is 3.95. The van der Waals surface area contributed by atoms with E-state index in [0.717, 1.165) is 44.6 Å². The molecule has 1 N–H and O–H groups in total. The van der Waals surface area contributed by atoms with Crippen LogP contribution in [0.4, 0.5) is 5.69 Å². The molecule has 1 aliphatic rings. The van der Waals surface area contributed by atoms with Crippen LogP contribution in [0, 0.1) is 0 Å². The third-order valence-electron chi connectivity index (χ3n) is 3.76. The summed E-state index contributed by atoms with van der Waals surface area (Å²) in [6, 6.07) is 1.90. The van der Waals surface area contributed by atoms with Crippen molar-refractivity contribution in [3.05, 3.63) is 24.0 Å². The van der Waals surface area contributed by atoms with E-state index in [1.54, 1.807) is 12.4 Å². The van der Waals surface area contributed by atoms with Gasteiger partial charge in [-0.15, -0.1) is 0 Å². The van der Waals surface area contributed by atoms with Crippen molar-refractivity contribution in [2.75, 3.05) is 25.0 Å². The van der Waals surface area contributed by atoms with Gasteiger partial charge >= 0.3 is 0 Å². The minimum Gasteiger partial charge on any atom is -0.384 e. The van der Waals surface area contributed by atoms with Crippen LogP contribution in [0.15, 0.2) is 18.5 Å². The Hall–Kier alpha value is -1.58. The van der Waals surface area contributed by atoms with Crippen LogP contribution in [0.1, 0.15) is 55.8 Å². The van der Waals surface area contributed by atoms with Gasteiger partial charge in [0, 0.05) is 32.0 Å². The van der Waals surface area contributed by atoms with Crippen LogP contribution in [0.5, 0.6) is 0 Å². The highest BCUT2D eigenvalue weighted by Crippen LogP contribution is 2.18. The zero-order valence-corrected chi connectivity index (χ0v) is 12.4. The zero-order valence-electron chi connectivity index (χ0n) is 12.4. The summed E-state index contributed by atoms with van der Waals surface area (Å²) in [5.41, 5.74) is 1.62. The molecule has 20 heavy (non-hydrogen) atoms. The van der Waals surface area contributed by atoms with Crippen molar-refractivity contribution in [2.45, 2.75) is 45.4 Å². The van der Waals surface area contributed by atoms with Gasteiger partial charge in [-0.2, -0.15) is 0 Å². The number of nitrogens with zero attached hydrogens (tertiary/aromatic N) is 2. The number of aromatic nitrogens is 1. The van der Waals surface area contributed by atoms with E-state index in [1.807, 2.05) is 11.0 Å². The Morgan fingerprint density at radius 1 is 1.25 bits per heavy atom. The predicted octanol–water partition coefficient (Wildman–Crippen LogP) is 3.31. The predicted molar refractivity (Wildman–Crippen MR) is 82.0 cm³/mol. The molecule has 0 aliphatic carbocycles. The maximum absolute atomic E-state index is 12.7. The lowest BCUT2D eigenvalue weighted by Gasteiger charge is -2.25. The van der Waals surface area contributed by atoms with Crippen LogP contribution < -0.4 is 5.32 Å². The highest BCUT2D eigenvalue weighted by atomic mass is 16.2. The number of carbonyl (C=O) groups is 1. The van der Waals surface area contributed by atoms with Gasteiger partial charge < -0.3 is 10.2 Å². The van der Waals surface area contributed by atoms with Crippen molar-refractivity contribution in [1.29, 1.82) is 0 Å². The van der Waals surface area contributed by atoms with Gasteiger partial charge in [0.05, 0.1) is 11.3 Å². The number of hydrogen-bond donors (Lipinski definition) is 1. The van der Waals surface area contributed by atoms with Gasteiger partial charge in [-0.25, -0.2) is 0 Å². The first kappa shape index (κ1) is 14.8. The molecule has 1 aromatic rings. The summed E-state index contributed by atoms with van der Waals surface area (Å²) >= 11 is 0. The highest BCUT2D eigenvalue weighted by Gasteiger charge is 2.19. The van der Waals surface area contributed by atoms with E-state index in [4.69, 9.17) is 0 Å². The van der Waals surface area contributed by atoms with E-state index in [-0.39, 0.29) is 5.91 Å². The Morgan fingerprint density at radius 3 is 2.65 bits per heavy atom. The summed E-state index contributed by atoms with van der Waals surface area (Å²) in [4.78, 5) is 18.8. The normalized spacial score (nSPS) is 16.4. The van der Waals surface area contributed by atoms with Gasteiger partial charge in [0.15, 0.2) is 0 Å². The molecule has 1 aromatic heterocycles. The smallest absolute Gasteiger partial charge is 0.257 e. The van der Waals surface area contributed by atoms with E-state index in [1.165, 1.54) is 19.3 Å². The standard InChI is InChI=1S/C16H25N3O/c1-2-9-18-15-8-10-17-13-14(15)16(20)19-11-6-4-3-5-7-12-19/h8,10,13H,2-7,9,11-12H2,1H3,(H,17,18). The van der Waals surface area contributed by atoms with E-state index in [2.05, 4.69) is 17.2 Å². The van der Waals surface area contributed by atoms with Crippen LogP contribution in [0.2, 0.25) is 0 Å². The first-order chi connectivity index (χ1) is 9.83. The molecule has 0 atom stereocenters. The van der Waals surface area contributed by atoms with E-state index in [0.29, 0.717) is 5.56 Å². The van der Waals surface area contributed by atoms with E-state index < -0.39 is 0 Å². The van der Waals surface area contributed by atoms with Gasteiger partial charge in [-0.1, -0.05) is 26.2 Å². The number of pyridine rings is 1. The molecule has 0 aromatic carbocycles. The largest absolute Gasteiger partial charge is 0.384 e. The Bertz CT molecular complexity index is 425. The maximum atomic E-state index is 12.7. The van der Waals surface area contributed by atoms with Crippen molar-refractivity contribution in [1.82, 2.24) is 9.88 Å². The second kappa shape index (κ2) is 7.88. The summed E-state index contributed by atoms with van der Waals surface area (Å²) in [5.74, 6) is 0.124. The summed E-state index contributed by atoms with van der Waals surface area (Å²) in [6.07, 6.45) is 10.5. The Kier molecular flexibility index (Phi) is 5.84. The second-order valence-corrected chi connectivity index (χ2v) is 5.41. The number of rotatable bonds is 4. The molecule has 1 fully saturated rings. The van der Waals surface area contributed by atoms with Gasteiger partial charge in [0.25, 0.3) is 5.91 Å². The van der Waals surface area contributed by atoms with Crippen LogP contribution in [-0.4, -0.2) is 35.4 Å². The molecular weight excluding hydrogens is 250 g/mol. The number of likely N-dealkylation sites (tertiary alicyclic amines) is 1. The van der Waals surface area contributed by atoms with Crippen molar-refractivity contribution in [2.24, 2.45) is 0 Å². The summed E-state index contributed by atoms with van der Waals surface area (Å²) < 4.78 is 0. The monoisotopic (exact) mass is 275 g/mol. The maximum Gasteiger partial charge on any atom is 0.257 e. The van der Waals surface area contributed by atoms with Crippen LogP contribution >= 0.6 is 0 Å². The Balaban J connectivity index is 2.10. The van der Waals surface area contributed by atoms with Crippen molar-refractivity contribution >= 4 is 11.6 Å². The molecule has 1 amide bonds. The van der Waals surface area contributed by atoms with E-state index in [9.17, 15) is 4.79 Å². The van der Waals surface area contributed by atoms with Crippen molar-refractivity contribution in [3.63, 3.8) is 0 Å². The fraction of sp³-hybridized carbons (Fsp3) is 0.625. The third-order valence-corrected chi connectivity index (χ3v) is 3.76. The van der Waals surface area contributed by atoms with Crippen molar-refractivity contribution < 1.29 is 4.79 Å². The van der Waals surface area contributed by atoms with Crippen LogP contribution in [-0.2, 0) is 0 Å². The topological polar surface area (TPSA) is 45.2 Å². The van der Waals surface area contributed by atoms with Crippen molar-refractivity contribution in [3.8, 4) is 0 Å². The van der Waals surface area contributed by atoms with Gasteiger partial charge in [-0.05, 0) is 25.3 Å². The molecule has 0 unspecified atom stereocenters. The Labute approximate surface area is 121 Å². The number of amides is 1. The van der Waals surface area contributed by atoms with Gasteiger partial charge in [0.1, 0.15) is 0 Å². The summed E-state index contributed by atoms with van der Waals surface area (Å²) in [5, 5.41) is 3.32. The molecule has 0 spiro atoms. The molecule has 0 radical (unpaired) electrons. The first-order valence-corrected chi connectivity index (χ1v) is 7.80. The molecule has 110 valence electrons. The summed E-state index contributed by atoms with van der Waals surface area (Å²) in [6.45, 7) is 4.75. The van der Waals surface area contributed by atoms with Crippen LogP contribution in [0.3, 0.4) is 0 Å². The molecule has 4 heteroatoms. The minimum absolute atomic E-state index is 0.124. The molecule has 1 saturated heterocycles. The lowest BCUT2D eigenvalue weighted by atomic mass is 10.1. The molecule has 0 saturated carbocycles. The average molecular weight is 275 g/mol. The van der Waals surface area contributed by atoms with Gasteiger partial charge in [0.2, 0.25) is 0 Å². The Morgan fingerprint density at radius 2 is 1.95 bits per heavy atom. The second-order valence-electron chi connectivity index (χ2n) is 5.41. The molecule has 1 aliphatic heterocycles. The summed E-state index contributed by atoms with van der Waals surface area (Å²) in [7, 11) is 0. The number of anilines is 1. The SMILES string of the molecule is CCCNc1ccncc1C(=O)N1CCCCCCC1. The highest BCUT2D eigenvalue weighted by molar-refractivity contribution is 5.99. The zero-order chi connectivity index (χ0) is 14.2. The average Bonchev–Trinajstić information content (AvgIpc) is 2.44. The lowest BCUT2D eigenvalue weighted by molar-refractivity contribution is 0.0743. The van der Waals surface area contributed by atoms with Gasteiger partial charge in [-0.3, -0.25) is 9.78 Å². The number of hydrogen-bond acceptors (Lipinski definition) is 3. The molecule has 0 bridgehead atoms. The molecule has 4 nitrogen and oxygen atoms in total. The first-order valence-electron chi connectivity index (χ1n) is 7.80. The fourth-order valence-electron chi connectivity index (χ4n) is 2.60. The molecule has 2 heterocycles. The molecule has 2 rings (SSSR count). The van der Waals surface area contributed by atoms with E-state index >= 15 is 0 Å². The minimum atomic E-state index is 0.124. The quantitative estimate of drug-likeness (QED) is 0.917. The number of carbonyl (C=O) groups excluding carboxylic acids is 1. The fourth-order valence-corrected chi connectivity index (χ4v) is 2.60. The number of nitrogens with one attached hydrogen (secondary N) is 1.